The van der Waals surface area contributed by atoms with Gasteiger partial charge in [0.2, 0.25) is 0 Å². The van der Waals surface area contributed by atoms with Gasteiger partial charge in [0, 0.05) is 23.6 Å². The number of carboxylic acid groups (broad SMARTS) is 1. The normalized spacial score (nSPS) is 14.1. The van der Waals surface area contributed by atoms with E-state index >= 15 is 0 Å². The Kier molecular flexibility index (Phi) is 7.21. The van der Waals surface area contributed by atoms with Gasteiger partial charge in [0.25, 0.3) is 0 Å². The van der Waals surface area contributed by atoms with Crippen LogP contribution in [0.25, 0.3) is 22.6 Å². The third-order valence-electron chi connectivity index (χ3n) is 5.40. The summed E-state index contributed by atoms with van der Waals surface area (Å²) in [7, 11) is 0. The molecule has 4 nitrogen and oxygen atoms in total. The highest BCUT2D eigenvalue weighted by Gasteiger charge is 2.49. The average Bonchev–Trinajstić information content (AvgIpc) is 3.19. The van der Waals surface area contributed by atoms with Crippen molar-refractivity contribution in [1.29, 1.82) is 0 Å². The topological polar surface area (TPSA) is 63.3 Å². The molecule has 3 aromatic rings. The van der Waals surface area contributed by atoms with E-state index in [9.17, 15) is 40.6 Å². The first-order valence-corrected chi connectivity index (χ1v) is 10.4. The van der Waals surface area contributed by atoms with Crippen molar-refractivity contribution in [3.05, 3.63) is 63.7 Å². The van der Waals surface area contributed by atoms with Gasteiger partial charge < -0.3 is 9.63 Å². The second-order valence-corrected chi connectivity index (χ2v) is 8.35. The number of nitrogens with zero attached hydrogens (tertiary/aromatic N) is 1. The first-order chi connectivity index (χ1) is 16.1. The first-order valence-electron chi connectivity index (χ1n) is 9.98. The van der Waals surface area contributed by atoms with Crippen LogP contribution in [0.2, 0.25) is 5.02 Å². The standard InChI is InChI=1S/C23H17ClF7NO3/c1-10-5-13(15(22(26,27)28)8-19(25)23(29,30)31)6-11(2)20(10)17-9-18(35-32-17)12-3-4-16(24)14(7-12)21(33)34/h3-7,9,15,19H,8H2,1-2H3,(H,33,34). The molecule has 0 saturated heterocycles. The van der Waals surface area contributed by atoms with Crippen LogP contribution in [-0.4, -0.2) is 34.8 Å². The summed E-state index contributed by atoms with van der Waals surface area (Å²) in [6.07, 6.45) is -15.9. The van der Waals surface area contributed by atoms with Crippen LogP contribution >= 0.6 is 11.6 Å². The predicted molar refractivity (Wildman–Crippen MR) is 113 cm³/mol. The molecule has 1 heterocycles. The number of hydrogen-bond acceptors (Lipinski definition) is 3. The van der Waals surface area contributed by atoms with Crippen molar-refractivity contribution in [3.8, 4) is 22.6 Å². The molecule has 0 fully saturated rings. The van der Waals surface area contributed by atoms with Gasteiger partial charge in [0.15, 0.2) is 11.9 Å². The van der Waals surface area contributed by atoms with E-state index in [1.54, 1.807) is 0 Å². The summed E-state index contributed by atoms with van der Waals surface area (Å²) in [6, 6.07) is 7.63. The van der Waals surface area contributed by atoms with Gasteiger partial charge in [-0.1, -0.05) is 28.9 Å². The van der Waals surface area contributed by atoms with E-state index in [0.717, 1.165) is 12.1 Å². The number of aromatic carboxylic acids is 1. The largest absolute Gasteiger partial charge is 0.478 e. The number of aromatic nitrogens is 1. The van der Waals surface area contributed by atoms with E-state index in [1.165, 1.54) is 38.1 Å². The minimum absolute atomic E-state index is 0.00327. The fraction of sp³-hybridized carbons (Fsp3) is 0.304. The zero-order valence-corrected chi connectivity index (χ0v) is 18.8. The lowest BCUT2D eigenvalue weighted by Gasteiger charge is -2.24. The van der Waals surface area contributed by atoms with Crippen LogP contribution in [0.3, 0.4) is 0 Å². The summed E-state index contributed by atoms with van der Waals surface area (Å²) in [5, 5.41) is 13.1. The van der Waals surface area contributed by atoms with Crippen LogP contribution in [0.5, 0.6) is 0 Å². The van der Waals surface area contributed by atoms with E-state index in [-0.39, 0.29) is 33.2 Å². The highest BCUT2D eigenvalue weighted by Crippen LogP contribution is 2.43. The van der Waals surface area contributed by atoms with Crippen LogP contribution < -0.4 is 0 Å². The Morgan fingerprint density at radius 3 is 2.14 bits per heavy atom. The number of aryl methyl sites for hydroxylation is 2. The SMILES string of the molecule is Cc1cc(C(CC(F)C(F)(F)F)C(F)(F)F)cc(C)c1-c1cc(-c2ccc(Cl)c(C(=O)O)c2)on1. The summed E-state index contributed by atoms with van der Waals surface area (Å²) in [6.45, 7) is 2.88. The monoisotopic (exact) mass is 523 g/mol. The van der Waals surface area contributed by atoms with E-state index in [1.807, 2.05) is 0 Å². The molecule has 12 heteroatoms. The number of carbonyl (C=O) groups is 1. The number of benzene rings is 2. The summed E-state index contributed by atoms with van der Waals surface area (Å²) in [4.78, 5) is 11.3. The lowest BCUT2D eigenvalue weighted by atomic mass is 9.87. The van der Waals surface area contributed by atoms with E-state index in [2.05, 4.69) is 5.16 Å². The molecule has 35 heavy (non-hydrogen) atoms. The average molecular weight is 524 g/mol. The maximum Gasteiger partial charge on any atom is 0.419 e. The zero-order valence-electron chi connectivity index (χ0n) is 18.1. The molecule has 188 valence electrons. The molecule has 0 bridgehead atoms. The highest BCUT2D eigenvalue weighted by atomic mass is 35.5. The van der Waals surface area contributed by atoms with E-state index in [0.29, 0.717) is 11.1 Å². The van der Waals surface area contributed by atoms with Gasteiger partial charge in [-0.05, 0) is 48.7 Å². The van der Waals surface area contributed by atoms with Crippen molar-refractivity contribution >= 4 is 17.6 Å². The van der Waals surface area contributed by atoms with Gasteiger partial charge in [-0.15, -0.1) is 0 Å². The Morgan fingerprint density at radius 2 is 1.63 bits per heavy atom. The number of halogens is 8. The molecule has 0 spiro atoms. The summed E-state index contributed by atoms with van der Waals surface area (Å²) in [5.41, 5.74) is 0.714. The molecule has 0 saturated carbocycles. The molecule has 2 atom stereocenters. The number of hydrogen-bond donors (Lipinski definition) is 1. The maximum absolute atomic E-state index is 13.5. The Morgan fingerprint density at radius 1 is 1.03 bits per heavy atom. The van der Waals surface area contributed by atoms with Crippen LogP contribution in [0.4, 0.5) is 30.7 Å². The van der Waals surface area contributed by atoms with Gasteiger partial charge in [0.1, 0.15) is 5.69 Å². The molecule has 2 unspecified atom stereocenters. The Hall–Kier alpha value is -3.08. The number of carboxylic acids is 1. The molecule has 1 aromatic heterocycles. The molecule has 0 aliphatic carbocycles. The Labute approximate surface area is 199 Å². The van der Waals surface area contributed by atoms with Gasteiger partial charge in [0.05, 0.1) is 16.5 Å². The molecule has 0 amide bonds. The lowest BCUT2D eigenvalue weighted by molar-refractivity contribution is -0.200. The molecular formula is C23H17ClF7NO3. The van der Waals surface area contributed by atoms with Crippen LogP contribution in [0.15, 0.2) is 40.9 Å². The Balaban J connectivity index is 2.00. The third kappa shape index (κ3) is 5.77. The summed E-state index contributed by atoms with van der Waals surface area (Å²) in [5.74, 6) is -3.78. The van der Waals surface area contributed by atoms with Gasteiger partial charge in [-0.25, -0.2) is 9.18 Å². The summed E-state index contributed by atoms with van der Waals surface area (Å²) < 4.78 is 97.1. The molecular weight excluding hydrogens is 507 g/mol. The molecule has 2 aromatic carbocycles. The number of alkyl halides is 7. The zero-order chi connectivity index (χ0) is 26.3. The fourth-order valence-electron chi connectivity index (χ4n) is 3.77. The van der Waals surface area contributed by atoms with Crippen LogP contribution in [0, 0.1) is 13.8 Å². The van der Waals surface area contributed by atoms with Gasteiger partial charge in [-0.3, -0.25) is 0 Å². The van der Waals surface area contributed by atoms with Crippen LogP contribution in [0.1, 0.15) is 39.4 Å². The number of rotatable bonds is 6. The van der Waals surface area contributed by atoms with Crippen molar-refractivity contribution in [2.75, 3.05) is 0 Å². The minimum Gasteiger partial charge on any atom is -0.478 e. The third-order valence-corrected chi connectivity index (χ3v) is 5.73. The van der Waals surface area contributed by atoms with E-state index in [4.69, 9.17) is 16.1 Å². The smallest absolute Gasteiger partial charge is 0.419 e. The van der Waals surface area contributed by atoms with Crippen molar-refractivity contribution in [1.82, 2.24) is 5.16 Å². The molecule has 3 rings (SSSR count). The Bertz CT molecular complexity index is 1230. The molecule has 1 N–H and O–H groups in total. The minimum atomic E-state index is -5.41. The fourth-order valence-corrected chi connectivity index (χ4v) is 3.97. The highest BCUT2D eigenvalue weighted by molar-refractivity contribution is 6.33. The van der Waals surface area contributed by atoms with Gasteiger partial charge >= 0.3 is 18.3 Å². The van der Waals surface area contributed by atoms with Crippen molar-refractivity contribution in [2.45, 2.75) is 44.7 Å². The second-order valence-electron chi connectivity index (χ2n) is 7.94. The summed E-state index contributed by atoms with van der Waals surface area (Å²) >= 11 is 5.86. The van der Waals surface area contributed by atoms with Crippen LogP contribution in [-0.2, 0) is 0 Å². The lowest BCUT2D eigenvalue weighted by Crippen LogP contribution is -2.31. The molecule has 0 aliphatic heterocycles. The van der Waals surface area contributed by atoms with E-state index < -0.39 is 42.4 Å². The quantitative estimate of drug-likeness (QED) is 0.333. The van der Waals surface area contributed by atoms with Crippen molar-refractivity contribution in [2.24, 2.45) is 0 Å². The molecule has 0 radical (unpaired) electrons. The maximum atomic E-state index is 13.5. The molecule has 0 aliphatic rings. The first kappa shape index (κ1) is 26.5. The predicted octanol–water partition coefficient (Wildman–Crippen LogP) is 7.91. The van der Waals surface area contributed by atoms with Crippen molar-refractivity contribution < 1.29 is 45.2 Å². The van der Waals surface area contributed by atoms with Crippen molar-refractivity contribution in [3.63, 3.8) is 0 Å². The van der Waals surface area contributed by atoms with Gasteiger partial charge in [-0.2, -0.15) is 26.3 Å². The second kappa shape index (κ2) is 9.52.